The van der Waals surface area contributed by atoms with Gasteiger partial charge >= 0.3 is 0 Å². The van der Waals surface area contributed by atoms with Gasteiger partial charge in [0.15, 0.2) is 5.96 Å². The summed E-state index contributed by atoms with van der Waals surface area (Å²) in [7, 11) is 0. The molecule has 2 aliphatic rings. The first-order valence-corrected chi connectivity index (χ1v) is 6.91. The zero-order valence-electron chi connectivity index (χ0n) is 12.0. The van der Waals surface area contributed by atoms with E-state index in [1.54, 1.807) is 6.07 Å². The van der Waals surface area contributed by atoms with Crippen LogP contribution in [0.15, 0.2) is 17.1 Å². The maximum Gasteiger partial charge on any atom is 0.253 e. The molecule has 1 aromatic carbocycles. The third-order valence-electron chi connectivity index (χ3n) is 4.51. The number of fused-ring (bicyclic) bond motifs is 1. The van der Waals surface area contributed by atoms with Gasteiger partial charge < -0.3 is 16.2 Å². The Morgan fingerprint density at radius 3 is 2.81 bits per heavy atom. The Bertz CT molecular complexity index is 651. The molecular weight excluding hydrogens is 273 g/mol. The van der Waals surface area contributed by atoms with Gasteiger partial charge in [-0.15, -0.1) is 0 Å². The summed E-state index contributed by atoms with van der Waals surface area (Å²) < 4.78 is 19.8. The first-order valence-electron chi connectivity index (χ1n) is 6.91. The van der Waals surface area contributed by atoms with E-state index in [2.05, 4.69) is 4.99 Å². The van der Waals surface area contributed by atoms with E-state index in [4.69, 9.17) is 16.2 Å². The van der Waals surface area contributed by atoms with Gasteiger partial charge in [0.2, 0.25) is 0 Å². The van der Waals surface area contributed by atoms with E-state index in [1.165, 1.54) is 6.07 Å². The maximum absolute atomic E-state index is 14.3. The molecule has 0 spiro atoms. The zero-order chi connectivity index (χ0) is 15.4. The Hall–Kier alpha value is -2.11. The van der Waals surface area contributed by atoms with Crippen molar-refractivity contribution in [2.45, 2.75) is 26.2 Å². The number of hydrogen-bond acceptors (Lipinski definition) is 2. The second-order valence-corrected chi connectivity index (χ2v) is 6.19. The number of carbonyl (C=O) groups is 1. The molecule has 1 heterocycles. The number of aliphatic imine (C=N–C) groups is 1. The summed E-state index contributed by atoms with van der Waals surface area (Å²) in [6, 6.07) is 3.04. The minimum Gasteiger partial charge on any atom is -0.493 e. The summed E-state index contributed by atoms with van der Waals surface area (Å²) in [5.41, 5.74) is 11.6. The van der Waals surface area contributed by atoms with Crippen LogP contribution in [0, 0.1) is 17.2 Å². The molecule has 0 saturated heterocycles. The van der Waals surface area contributed by atoms with Crippen LogP contribution in [0.25, 0.3) is 0 Å². The van der Waals surface area contributed by atoms with E-state index in [9.17, 15) is 9.18 Å². The Kier molecular flexibility index (Phi) is 2.93. The molecular formula is C15H18FN3O2. The summed E-state index contributed by atoms with van der Waals surface area (Å²) >= 11 is 0. The van der Waals surface area contributed by atoms with Gasteiger partial charge in [-0.05, 0) is 23.1 Å². The Balaban J connectivity index is 2.01. The average Bonchev–Trinajstić information content (AvgIpc) is 2.73. The first-order chi connectivity index (χ1) is 9.84. The molecule has 2 atom stereocenters. The molecule has 4 N–H and O–H groups in total. The molecule has 6 heteroatoms. The number of guanidine groups is 1. The second-order valence-electron chi connectivity index (χ2n) is 6.19. The monoisotopic (exact) mass is 291 g/mol. The lowest BCUT2D eigenvalue weighted by Gasteiger charge is -2.09. The van der Waals surface area contributed by atoms with Gasteiger partial charge in [0.05, 0.1) is 12.5 Å². The number of rotatable bonds is 2. The van der Waals surface area contributed by atoms with Crippen LogP contribution in [0.3, 0.4) is 0 Å². The van der Waals surface area contributed by atoms with Crippen LogP contribution in [0.1, 0.15) is 30.9 Å². The largest absolute Gasteiger partial charge is 0.493 e. The quantitative estimate of drug-likeness (QED) is 0.634. The third-order valence-corrected chi connectivity index (χ3v) is 4.51. The summed E-state index contributed by atoms with van der Waals surface area (Å²) in [6.07, 6.45) is 0.665. The third kappa shape index (κ3) is 2.05. The van der Waals surface area contributed by atoms with E-state index >= 15 is 0 Å². The molecule has 21 heavy (non-hydrogen) atoms. The lowest BCUT2D eigenvalue weighted by molar-refractivity contribution is -0.119. The Morgan fingerprint density at radius 2 is 2.14 bits per heavy atom. The summed E-state index contributed by atoms with van der Waals surface area (Å²) in [5, 5.41) is 0. The van der Waals surface area contributed by atoms with Crippen molar-refractivity contribution in [1.29, 1.82) is 0 Å². The van der Waals surface area contributed by atoms with Gasteiger partial charge in [-0.25, -0.2) is 4.39 Å². The van der Waals surface area contributed by atoms with Crippen molar-refractivity contribution in [3.8, 4) is 5.75 Å². The van der Waals surface area contributed by atoms with Crippen LogP contribution < -0.4 is 16.2 Å². The van der Waals surface area contributed by atoms with Crippen molar-refractivity contribution in [2.75, 3.05) is 6.61 Å². The predicted octanol–water partition coefficient (Wildman–Crippen LogP) is 1.30. The van der Waals surface area contributed by atoms with Crippen LogP contribution in [0.2, 0.25) is 0 Å². The topological polar surface area (TPSA) is 90.7 Å². The minimum atomic E-state index is -0.402. The van der Waals surface area contributed by atoms with Crippen molar-refractivity contribution in [2.24, 2.45) is 27.8 Å². The van der Waals surface area contributed by atoms with Crippen molar-refractivity contribution in [3.05, 3.63) is 29.1 Å². The van der Waals surface area contributed by atoms with E-state index in [-0.39, 0.29) is 29.0 Å². The predicted molar refractivity (Wildman–Crippen MR) is 76.4 cm³/mol. The van der Waals surface area contributed by atoms with Gasteiger partial charge in [-0.3, -0.25) is 4.79 Å². The average molecular weight is 291 g/mol. The Labute approximate surface area is 122 Å². The SMILES string of the molecule is CC1(C)[C@H](C(=O)N=C(N)N)[C@H]1c1c(F)ccc2c1CCO2. The van der Waals surface area contributed by atoms with Crippen molar-refractivity contribution in [1.82, 2.24) is 0 Å². The van der Waals surface area contributed by atoms with Crippen molar-refractivity contribution >= 4 is 11.9 Å². The molecule has 0 aromatic heterocycles. The van der Waals surface area contributed by atoms with Gasteiger partial charge in [0, 0.05) is 17.9 Å². The van der Waals surface area contributed by atoms with Crippen LogP contribution >= 0.6 is 0 Å². The van der Waals surface area contributed by atoms with Crippen molar-refractivity contribution in [3.63, 3.8) is 0 Å². The van der Waals surface area contributed by atoms with E-state index in [0.29, 0.717) is 24.3 Å². The molecule has 1 amide bonds. The zero-order valence-corrected chi connectivity index (χ0v) is 12.0. The van der Waals surface area contributed by atoms with E-state index < -0.39 is 5.92 Å². The molecule has 0 bridgehead atoms. The number of hydrogen-bond donors (Lipinski definition) is 2. The maximum atomic E-state index is 14.3. The second kappa shape index (κ2) is 4.44. The van der Waals surface area contributed by atoms with Gasteiger partial charge in [0.25, 0.3) is 5.91 Å². The fourth-order valence-corrected chi connectivity index (χ4v) is 3.44. The number of nitrogens with zero attached hydrogens (tertiary/aromatic N) is 1. The van der Waals surface area contributed by atoms with Crippen LogP contribution in [0.4, 0.5) is 4.39 Å². The summed E-state index contributed by atoms with van der Waals surface area (Å²) in [4.78, 5) is 15.7. The molecule has 1 aliphatic carbocycles. The lowest BCUT2D eigenvalue weighted by Crippen LogP contribution is -2.25. The highest BCUT2D eigenvalue weighted by atomic mass is 19.1. The van der Waals surface area contributed by atoms with Crippen LogP contribution in [0.5, 0.6) is 5.75 Å². The number of amides is 1. The molecule has 5 nitrogen and oxygen atoms in total. The van der Waals surface area contributed by atoms with Gasteiger partial charge in [-0.2, -0.15) is 4.99 Å². The van der Waals surface area contributed by atoms with E-state index in [0.717, 1.165) is 5.56 Å². The summed E-state index contributed by atoms with van der Waals surface area (Å²) in [5.74, 6) is -0.852. The highest BCUT2D eigenvalue weighted by Gasteiger charge is 2.63. The lowest BCUT2D eigenvalue weighted by atomic mass is 9.96. The molecule has 1 fully saturated rings. The smallest absolute Gasteiger partial charge is 0.253 e. The van der Waals surface area contributed by atoms with Crippen LogP contribution in [-0.2, 0) is 11.2 Å². The Morgan fingerprint density at radius 1 is 1.43 bits per heavy atom. The molecule has 1 aliphatic heterocycles. The fraction of sp³-hybridized carbons (Fsp3) is 0.467. The van der Waals surface area contributed by atoms with Gasteiger partial charge in [0.1, 0.15) is 11.6 Å². The standard InChI is InChI=1S/C15H18FN3O2/c1-15(2)11(12(15)13(20)19-14(17)18)10-7-5-6-21-9(7)4-3-8(10)16/h3-4,11-12H,5-6H2,1-2H3,(H4,17,18,19,20)/t11-,12+/m1/s1. The summed E-state index contributed by atoms with van der Waals surface area (Å²) in [6.45, 7) is 4.40. The minimum absolute atomic E-state index is 0.218. The highest BCUT2D eigenvalue weighted by molar-refractivity contribution is 5.95. The molecule has 1 saturated carbocycles. The first kappa shape index (κ1) is 13.9. The van der Waals surface area contributed by atoms with Crippen molar-refractivity contribution < 1.29 is 13.9 Å². The fourth-order valence-electron chi connectivity index (χ4n) is 3.44. The highest BCUT2D eigenvalue weighted by Crippen LogP contribution is 2.66. The molecule has 0 radical (unpaired) electrons. The van der Waals surface area contributed by atoms with E-state index in [1.807, 2.05) is 13.8 Å². The number of nitrogens with two attached hydrogens (primary N) is 2. The molecule has 3 rings (SSSR count). The van der Waals surface area contributed by atoms with Gasteiger partial charge in [-0.1, -0.05) is 13.8 Å². The molecule has 0 unspecified atom stereocenters. The number of benzene rings is 1. The number of ether oxygens (including phenoxy) is 1. The normalized spacial score (nSPS) is 24.9. The molecule has 112 valence electrons. The number of halogens is 1. The van der Waals surface area contributed by atoms with Crippen LogP contribution in [-0.4, -0.2) is 18.5 Å². The number of carbonyl (C=O) groups excluding carboxylic acids is 1. The molecule has 1 aromatic rings.